The molecule has 0 atom stereocenters. The van der Waals surface area contributed by atoms with Gasteiger partial charge in [-0.3, -0.25) is 0 Å². The summed E-state index contributed by atoms with van der Waals surface area (Å²) < 4.78 is 2.67. The van der Waals surface area contributed by atoms with Crippen LogP contribution in [-0.2, 0) is 5.41 Å². The summed E-state index contributed by atoms with van der Waals surface area (Å²) in [5, 5.41) is 4.55. The average molecular weight is 323 g/mol. The fourth-order valence-corrected chi connectivity index (χ4v) is 2.17. The second kappa shape index (κ2) is 4.71. The Morgan fingerprint density at radius 1 is 1.11 bits per heavy atom. The lowest BCUT2D eigenvalue weighted by molar-refractivity contribution is 0.539. The van der Waals surface area contributed by atoms with Gasteiger partial charge in [-0.2, -0.15) is 5.10 Å². The first-order valence-electron chi connectivity index (χ1n) is 6.28. The molecule has 0 aliphatic heterocycles. The zero-order valence-electron chi connectivity index (χ0n) is 12.2. The van der Waals surface area contributed by atoms with Gasteiger partial charge in [-0.25, -0.2) is 14.6 Å². The predicted molar refractivity (Wildman–Crippen MR) is 79.8 cm³/mol. The Kier molecular flexibility index (Phi) is 3.51. The van der Waals surface area contributed by atoms with Gasteiger partial charge >= 0.3 is 0 Å². The largest absolute Gasteiger partial charge is 0.225 e. The van der Waals surface area contributed by atoms with Crippen molar-refractivity contribution >= 4 is 15.9 Å². The second-order valence-corrected chi connectivity index (χ2v) is 6.64. The minimum atomic E-state index is -0.0936. The van der Waals surface area contributed by atoms with Gasteiger partial charge in [-0.1, -0.05) is 20.8 Å². The zero-order valence-corrected chi connectivity index (χ0v) is 13.8. The number of hydrogen-bond donors (Lipinski definition) is 0. The lowest BCUT2D eigenvalue weighted by Gasteiger charge is -2.17. The smallest absolute Gasteiger partial charge is 0.158 e. The highest BCUT2D eigenvalue weighted by Crippen LogP contribution is 2.23. The van der Waals surface area contributed by atoms with Crippen LogP contribution in [0.25, 0.3) is 5.82 Å². The summed E-state index contributed by atoms with van der Waals surface area (Å²) in [6, 6.07) is 1.90. The maximum atomic E-state index is 4.65. The van der Waals surface area contributed by atoms with Gasteiger partial charge in [0.15, 0.2) is 5.82 Å². The van der Waals surface area contributed by atoms with E-state index in [1.165, 1.54) is 5.56 Å². The van der Waals surface area contributed by atoms with E-state index in [0.29, 0.717) is 0 Å². The molecule has 19 heavy (non-hydrogen) atoms. The molecule has 2 aromatic rings. The second-order valence-electron chi connectivity index (χ2n) is 5.83. The fraction of sp³-hybridized carbons (Fsp3) is 0.500. The Morgan fingerprint density at radius 2 is 1.74 bits per heavy atom. The summed E-state index contributed by atoms with van der Waals surface area (Å²) >= 11 is 3.46. The molecule has 0 saturated carbocycles. The first kappa shape index (κ1) is 14.2. The number of aromatic nitrogens is 4. The van der Waals surface area contributed by atoms with E-state index >= 15 is 0 Å². The molecule has 0 aliphatic rings. The van der Waals surface area contributed by atoms with Crippen molar-refractivity contribution < 1.29 is 0 Å². The number of hydrogen-bond acceptors (Lipinski definition) is 3. The molecular formula is C14H19BrN4. The molecule has 5 heteroatoms. The first-order valence-corrected chi connectivity index (χ1v) is 7.07. The molecule has 0 amide bonds. The zero-order chi connectivity index (χ0) is 14.4. The van der Waals surface area contributed by atoms with E-state index in [4.69, 9.17) is 0 Å². The standard InChI is InChI=1S/C14H19BrN4/c1-8-9(2)18-19(10(8)3)12-7-11(15)16-13(17-12)14(4,5)6/h7H,1-6H3. The Morgan fingerprint density at radius 3 is 2.21 bits per heavy atom. The van der Waals surface area contributed by atoms with Gasteiger partial charge in [0.05, 0.1) is 5.69 Å². The molecule has 0 unspecified atom stereocenters. The molecule has 0 aliphatic carbocycles. The average Bonchev–Trinajstić information content (AvgIpc) is 2.55. The van der Waals surface area contributed by atoms with Gasteiger partial charge in [-0.05, 0) is 42.3 Å². The summed E-state index contributed by atoms with van der Waals surface area (Å²) in [4.78, 5) is 9.10. The Labute approximate surface area is 122 Å². The highest BCUT2D eigenvalue weighted by molar-refractivity contribution is 9.10. The number of aryl methyl sites for hydroxylation is 1. The number of nitrogens with zero attached hydrogens (tertiary/aromatic N) is 4. The number of rotatable bonds is 1. The molecule has 2 heterocycles. The van der Waals surface area contributed by atoms with E-state index < -0.39 is 0 Å². The molecule has 2 rings (SSSR count). The third kappa shape index (κ3) is 2.71. The van der Waals surface area contributed by atoms with Crippen LogP contribution in [-0.4, -0.2) is 19.7 Å². The SMILES string of the molecule is Cc1nn(-c2cc(Br)nc(C(C)(C)C)n2)c(C)c1C. The molecule has 0 fully saturated rings. The van der Waals surface area contributed by atoms with Crippen molar-refractivity contribution in [3.63, 3.8) is 0 Å². The summed E-state index contributed by atoms with van der Waals surface area (Å²) in [5.41, 5.74) is 3.25. The highest BCUT2D eigenvalue weighted by atomic mass is 79.9. The predicted octanol–water partition coefficient (Wildman–Crippen LogP) is 3.65. The van der Waals surface area contributed by atoms with E-state index in [-0.39, 0.29) is 5.41 Å². The molecule has 102 valence electrons. The van der Waals surface area contributed by atoms with Crippen molar-refractivity contribution in [2.24, 2.45) is 0 Å². The summed E-state index contributed by atoms with van der Waals surface area (Å²) in [5.74, 6) is 1.61. The van der Waals surface area contributed by atoms with Crippen molar-refractivity contribution in [2.45, 2.75) is 47.0 Å². The van der Waals surface area contributed by atoms with E-state index in [0.717, 1.165) is 27.6 Å². The van der Waals surface area contributed by atoms with Crippen LogP contribution in [0.3, 0.4) is 0 Å². The van der Waals surface area contributed by atoms with E-state index in [2.05, 4.69) is 65.6 Å². The van der Waals surface area contributed by atoms with Crippen molar-refractivity contribution in [2.75, 3.05) is 0 Å². The topological polar surface area (TPSA) is 43.6 Å². The maximum absolute atomic E-state index is 4.65. The van der Waals surface area contributed by atoms with Crippen molar-refractivity contribution in [3.8, 4) is 5.82 Å². The summed E-state index contributed by atoms with van der Waals surface area (Å²) in [6.45, 7) is 12.5. The third-order valence-electron chi connectivity index (χ3n) is 3.22. The Hall–Kier alpha value is -1.23. The third-order valence-corrected chi connectivity index (χ3v) is 3.63. The molecule has 0 radical (unpaired) electrons. The molecule has 0 aromatic carbocycles. The minimum absolute atomic E-state index is 0.0936. The van der Waals surface area contributed by atoms with Gasteiger partial charge in [0.1, 0.15) is 10.4 Å². The van der Waals surface area contributed by atoms with Crippen molar-refractivity contribution in [3.05, 3.63) is 33.4 Å². The first-order chi connectivity index (χ1) is 8.70. The van der Waals surface area contributed by atoms with Gasteiger partial charge in [0.2, 0.25) is 0 Å². The van der Waals surface area contributed by atoms with Gasteiger partial charge < -0.3 is 0 Å². The molecule has 0 saturated heterocycles. The van der Waals surface area contributed by atoms with Crippen LogP contribution in [0.5, 0.6) is 0 Å². The normalized spacial score (nSPS) is 11.9. The molecule has 4 nitrogen and oxygen atoms in total. The van der Waals surface area contributed by atoms with E-state index in [9.17, 15) is 0 Å². The van der Waals surface area contributed by atoms with Crippen LogP contribution in [0.4, 0.5) is 0 Å². The van der Waals surface area contributed by atoms with Gasteiger partial charge in [0.25, 0.3) is 0 Å². The van der Waals surface area contributed by atoms with Crippen LogP contribution in [0.2, 0.25) is 0 Å². The van der Waals surface area contributed by atoms with Crippen LogP contribution in [0.1, 0.15) is 43.5 Å². The van der Waals surface area contributed by atoms with E-state index in [1.54, 1.807) is 0 Å². The van der Waals surface area contributed by atoms with Gasteiger partial charge in [0, 0.05) is 17.2 Å². The van der Waals surface area contributed by atoms with Crippen molar-refractivity contribution in [1.82, 2.24) is 19.7 Å². The quantitative estimate of drug-likeness (QED) is 0.753. The van der Waals surface area contributed by atoms with Crippen LogP contribution in [0, 0.1) is 20.8 Å². The van der Waals surface area contributed by atoms with Gasteiger partial charge in [-0.15, -0.1) is 0 Å². The fourth-order valence-electron chi connectivity index (χ4n) is 1.79. The number of halogens is 1. The maximum Gasteiger partial charge on any atom is 0.158 e. The minimum Gasteiger partial charge on any atom is -0.225 e. The van der Waals surface area contributed by atoms with Crippen LogP contribution >= 0.6 is 15.9 Å². The molecule has 2 aromatic heterocycles. The lowest BCUT2D eigenvalue weighted by atomic mass is 9.96. The summed E-state index contributed by atoms with van der Waals surface area (Å²) in [6.07, 6.45) is 0. The molecule has 0 spiro atoms. The van der Waals surface area contributed by atoms with E-state index in [1.807, 2.05) is 17.7 Å². The van der Waals surface area contributed by atoms with Crippen LogP contribution < -0.4 is 0 Å². The molecule has 0 N–H and O–H groups in total. The highest BCUT2D eigenvalue weighted by Gasteiger charge is 2.20. The van der Waals surface area contributed by atoms with Crippen molar-refractivity contribution in [1.29, 1.82) is 0 Å². The molecular weight excluding hydrogens is 304 g/mol. The lowest BCUT2D eigenvalue weighted by Crippen LogP contribution is -2.18. The monoisotopic (exact) mass is 322 g/mol. The summed E-state index contributed by atoms with van der Waals surface area (Å²) in [7, 11) is 0. The Balaban J connectivity index is 2.63. The van der Waals surface area contributed by atoms with Crippen LogP contribution in [0.15, 0.2) is 10.7 Å². The molecule has 0 bridgehead atoms. The Bertz CT molecular complexity index is 623.